The van der Waals surface area contributed by atoms with Gasteiger partial charge in [-0.25, -0.2) is 14.6 Å². The number of nitrogens with one attached hydrogen (secondary N) is 1. The minimum atomic E-state index is -4.86. The van der Waals surface area contributed by atoms with Crippen molar-refractivity contribution in [1.29, 1.82) is 10.7 Å². The number of nitrogen functional groups attached to an aromatic ring is 1. The Morgan fingerprint density at radius 3 is 2.75 bits per heavy atom. The molecule has 122 valence electrons. The van der Waals surface area contributed by atoms with Crippen molar-refractivity contribution in [2.45, 2.75) is 19.0 Å². The van der Waals surface area contributed by atoms with Crippen molar-refractivity contribution < 1.29 is 17.8 Å². The first-order valence-corrected chi connectivity index (χ1v) is 6.54. The first-order valence-electron chi connectivity index (χ1n) is 6.54. The van der Waals surface area contributed by atoms with Gasteiger partial charge in [0.15, 0.2) is 11.2 Å². The van der Waals surface area contributed by atoms with E-state index in [9.17, 15) is 13.2 Å². The number of rotatable bonds is 0. The number of allylic oxidation sites excluding steroid dienone is 2. The van der Waals surface area contributed by atoms with Gasteiger partial charge >= 0.3 is 6.18 Å². The SMILES string of the molecule is N#CC1=C/Cc2nc3nonc3c(N)c2CC(=N)/N=C\1C(F)(F)F. The van der Waals surface area contributed by atoms with Crippen molar-refractivity contribution in [3.8, 4) is 6.07 Å². The van der Waals surface area contributed by atoms with Gasteiger partial charge in [-0.2, -0.15) is 18.4 Å². The van der Waals surface area contributed by atoms with Crippen LogP contribution < -0.4 is 5.73 Å². The van der Waals surface area contributed by atoms with Gasteiger partial charge in [-0.05, 0) is 10.3 Å². The maximum Gasteiger partial charge on any atom is 0.434 e. The summed E-state index contributed by atoms with van der Waals surface area (Å²) in [6.45, 7) is 0. The molecule has 0 amide bonds. The zero-order valence-corrected chi connectivity index (χ0v) is 11.8. The number of nitriles is 1. The molecule has 0 bridgehead atoms. The number of nitrogens with two attached hydrogens (primary N) is 1. The molecule has 2 aromatic heterocycles. The lowest BCUT2D eigenvalue weighted by Gasteiger charge is -2.09. The fourth-order valence-electron chi connectivity index (χ4n) is 2.30. The van der Waals surface area contributed by atoms with Crippen molar-refractivity contribution in [3.63, 3.8) is 0 Å². The van der Waals surface area contributed by atoms with Crippen LogP contribution >= 0.6 is 0 Å². The molecule has 0 aromatic carbocycles. The molecule has 11 heteroatoms. The van der Waals surface area contributed by atoms with Crippen molar-refractivity contribution in [2.75, 3.05) is 5.73 Å². The topological polar surface area (TPSA) is 138 Å². The number of halogens is 3. The second-order valence-electron chi connectivity index (χ2n) is 4.90. The quantitative estimate of drug-likeness (QED) is 0.752. The Labute approximate surface area is 132 Å². The van der Waals surface area contributed by atoms with Gasteiger partial charge in [-0.1, -0.05) is 6.08 Å². The largest absolute Gasteiger partial charge is 0.434 e. The summed E-state index contributed by atoms with van der Waals surface area (Å²) in [5.74, 6) is -0.601. The van der Waals surface area contributed by atoms with Crippen molar-refractivity contribution in [3.05, 3.63) is 22.9 Å². The third-order valence-corrected chi connectivity index (χ3v) is 3.38. The lowest BCUT2D eigenvalue weighted by molar-refractivity contribution is -0.0579. The Morgan fingerprint density at radius 1 is 1.33 bits per heavy atom. The monoisotopic (exact) mass is 335 g/mol. The van der Waals surface area contributed by atoms with Gasteiger partial charge in [0, 0.05) is 18.4 Å². The summed E-state index contributed by atoms with van der Waals surface area (Å²) in [5.41, 5.74) is 4.82. The van der Waals surface area contributed by atoms with E-state index in [4.69, 9.17) is 16.4 Å². The molecule has 1 aliphatic heterocycles. The lowest BCUT2D eigenvalue weighted by Crippen LogP contribution is -2.26. The molecule has 3 N–H and O–H groups in total. The van der Waals surface area contributed by atoms with E-state index >= 15 is 0 Å². The molecular weight excluding hydrogens is 327 g/mol. The van der Waals surface area contributed by atoms with Crippen LogP contribution in [0.3, 0.4) is 0 Å². The van der Waals surface area contributed by atoms with Gasteiger partial charge in [0.1, 0.15) is 11.9 Å². The molecule has 2 aromatic rings. The van der Waals surface area contributed by atoms with E-state index in [1.165, 1.54) is 6.07 Å². The Balaban J connectivity index is 2.21. The highest BCUT2D eigenvalue weighted by molar-refractivity contribution is 6.12. The number of aliphatic imine (C=N–C) groups is 1. The van der Waals surface area contributed by atoms with Crippen LogP contribution in [-0.4, -0.2) is 33.0 Å². The maximum absolute atomic E-state index is 13.1. The molecule has 0 radical (unpaired) electrons. The van der Waals surface area contributed by atoms with Gasteiger partial charge in [0.25, 0.3) is 0 Å². The number of fused-ring (bicyclic) bond motifs is 2. The zero-order valence-electron chi connectivity index (χ0n) is 11.8. The van der Waals surface area contributed by atoms with Crippen molar-refractivity contribution >= 4 is 28.4 Å². The predicted octanol–water partition coefficient (Wildman–Crippen LogP) is 1.73. The van der Waals surface area contributed by atoms with Crippen molar-refractivity contribution in [2.24, 2.45) is 4.99 Å². The molecule has 0 fully saturated rings. The number of anilines is 1. The highest BCUT2D eigenvalue weighted by Gasteiger charge is 2.39. The Kier molecular flexibility index (Phi) is 3.52. The molecule has 24 heavy (non-hydrogen) atoms. The van der Waals surface area contributed by atoms with Crippen LogP contribution in [0.4, 0.5) is 18.9 Å². The van der Waals surface area contributed by atoms with Crippen LogP contribution in [0.2, 0.25) is 0 Å². The minimum Gasteiger partial charge on any atom is -0.396 e. The van der Waals surface area contributed by atoms with Gasteiger partial charge in [0.05, 0.1) is 17.0 Å². The van der Waals surface area contributed by atoms with Crippen LogP contribution in [0.15, 0.2) is 21.3 Å². The van der Waals surface area contributed by atoms with Crippen LogP contribution in [-0.2, 0) is 12.8 Å². The van der Waals surface area contributed by atoms with Gasteiger partial charge in [-0.15, -0.1) is 0 Å². The molecule has 0 unspecified atom stereocenters. The second-order valence-corrected chi connectivity index (χ2v) is 4.90. The van der Waals surface area contributed by atoms with E-state index in [1.807, 2.05) is 0 Å². The number of alkyl halides is 3. The molecule has 0 saturated heterocycles. The number of nitrogens with zero attached hydrogens (tertiary/aromatic N) is 5. The van der Waals surface area contributed by atoms with E-state index in [0.717, 1.165) is 6.08 Å². The van der Waals surface area contributed by atoms with E-state index in [-0.39, 0.29) is 35.4 Å². The number of hydrogen-bond donors (Lipinski definition) is 2. The Bertz CT molecular complexity index is 949. The standard InChI is InChI=1S/C13H8F3N7O/c14-13(15,16)11-5(4-17)1-2-7-6(3-8(18)21-11)9(19)10-12(20-7)23-24-22-10/h1,18H,2-3,19H2/b5-1-,18-8?,21-11+. The average Bonchev–Trinajstić information content (AvgIpc) is 2.98. The molecular formula is C13H8F3N7O. The molecule has 1 aliphatic rings. The maximum atomic E-state index is 13.1. The van der Waals surface area contributed by atoms with Crippen LogP contribution in [0.25, 0.3) is 11.2 Å². The Hall–Kier alpha value is -3.29. The summed E-state index contributed by atoms with van der Waals surface area (Å²) in [4.78, 5) is 7.41. The van der Waals surface area contributed by atoms with Gasteiger partial charge < -0.3 is 5.73 Å². The summed E-state index contributed by atoms with van der Waals surface area (Å²) in [7, 11) is 0. The van der Waals surface area contributed by atoms with Gasteiger partial charge in [-0.3, -0.25) is 5.41 Å². The number of aromatic nitrogens is 3. The molecule has 3 rings (SSSR count). The summed E-state index contributed by atoms with van der Waals surface area (Å²) >= 11 is 0. The van der Waals surface area contributed by atoms with Crippen LogP contribution in [0.1, 0.15) is 11.3 Å². The first-order chi connectivity index (χ1) is 11.3. The third kappa shape index (κ3) is 2.58. The summed E-state index contributed by atoms with van der Waals surface area (Å²) in [5, 5.41) is 23.9. The highest BCUT2D eigenvalue weighted by Crippen LogP contribution is 2.28. The highest BCUT2D eigenvalue weighted by atomic mass is 19.4. The van der Waals surface area contributed by atoms with E-state index in [2.05, 4.69) is 24.9 Å². The normalized spacial score (nSPS) is 20.0. The van der Waals surface area contributed by atoms with E-state index < -0.39 is 23.3 Å². The zero-order chi connectivity index (χ0) is 17.5. The molecule has 0 spiro atoms. The number of amidine groups is 1. The molecule has 8 nitrogen and oxygen atoms in total. The summed E-state index contributed by atoms with van der Waals surface area (Å²) < 4.78 is 43.8. The van der Waals surface area contributed by atoms with Crippen LogP contribution in [0, 0.1) is 16.7 Å². The van der Waals surface area contributed by atoms with Crippen LogP contribution in [0.5, 0.6) is 0 Å². The fraction of sp³-hybridized carbons (Fsp3) is 0.231. The summed E-state index contributed by atoms with van der Waals surface area (Å²) in [6.07, 6.45) is -4.20. The molecule has 3 heterocycles. The molecule has 0 saturated carbocycles. The molecule has 0 atom stereocenters. The van der Waals surface area contributed by atoms with Crippen molar-refractivity contribution in [1.82, 2.24) is 15.3 Å². The first kappa shape index (κ1) is 15.6. The third-order valence-electron chi connectivity index (χ3n) is 3.38. The lowest BCUT2D eigenvalue weighted by atomic mass is 10.0. The molecule has 0 aliphatic carbocycles. The van der Waals surface area contributed by atoms with E-state index in [0.29, 0.717) is 5.56 Å². The number of pyridine rings is 1. The van der Waals surface area contributed by atoms with Gasteiger partial charge in [0.2, 0.25) is 5.65 Å². The predicted molar refractivity (Wildman–Crippen MR) is 76.3 cm³/mol. The fourth-order valence-corrected chi connectivity index (χ4v) is 2.30. The minimum absolute atomic E-state index is 0.0981. The summed E-state index contributed by atoms with van der Waals surface area (Å²) in [6, 6.07) is 1.46. The second kappa shape index (κ2) is 5.41. The average molecular weight is 335 g/mol. The number of hydrogen-bond acceptors (Lipinski definition) is 7. The van der Waals surface area contributed by atoms with E-state index in [1.54, 1.807) is 0 Å². The smallest absolute Gasteiger partial charge is 0.396 e. The Morgan fingerprint density at radius 2 is 2.08 bits per heavy atom.